The Morgan fingerprint density at radius 1 is 1.67 bits per heavy atom. The highest BCUT2D eigenvalue weighted by Crippen LogP contribution is 2.24. The number of rotatable bonds is 4. The molecule has 1 fully saturated rings. The Balaban J connectivity index is 1.71. The summed E-state index contributed by atoms with van der Waals surface area (Å²) >= 11 is 1.68. The van der Waals surface area contributed by atoms with Gasteiger partial charge in [0.1, 0.15) is 0 Å². The number of thiazole rings is 1. The van der Waals surface area contributed by atoms with Crippen molar-refractivity contribution in [3.8, 4) is 0 Å². The second-order valence-electron chi connectivity index (χ2n) is 5.06. The molecule has 3 rings (SSSR count). The standard InChI is InChI=1S/C13H19N3OS/c1-9-5-10(8-17-9)12(14-2)6-11-7-16-3-4-18-13(16)15-11/h3-4,7,9-10,12,14H,5-6,8H2,1-2H3. The molecule has 2 aromatic rings. The smallest absolute Gasteiger partial charge is 0.193 e. The number of likely N-dealkylation sites (N-methyl/N-ethyl adjacent to an activating group) is 1. The molecule has 3 heterocycles. The fraction of sp³-hybridized carbons (Fsp3) is 0.615. The molecule has 0 aliphatic carbocycles. The van der Waals surface area contributed by atoms with Crippen LogP contribution in [0.4, 0.5) is 0 Å². The van der Waals surface area contributed by atoms with E-state index in [0.29, 0.717) is 18.1 Å². The van der Waals surface area contributed by atoms with Gasteiger partial charge in [-0.2, -0.15) is 0 Å². The van der Waals surface area contributed by atoms with Crippen molar-refractivity contribution >= 4 is 16.3 Å². The van der Waals surface area contributed by atoms with Crippen LogP contribution < -0.4 is 5.32 Å². The molecule has 0 bridgehead atoms. The van der Waals surface area contributed by atoms with Gasteiger partial charge in [-0.15, -0.1) is 11.3 Å². The summed E-state index contributed by atoms with van der Waals surface area (Å²) in [5, 5.41) is 5.49. The number of fused-ring (bicyclic) bond motifs is 1. The largest absolute Gasteiger partial charge is 0.378 e. The maximum absolute atomic E-state index is 5.67. The maximum atomic E-state index is 5.67. The van der Waals surface area contributed by atoms with Crippen LogP contribution in [0.3, 0.4) is 0 Å². The maximum Gasteiger partial charge on any atom is 0.193 e. The number of imidazole rings is 1. The van der Waals surface area contributed by atoms with Crippen LogP contribution in [0.25, 0.3) is 4.96 Å². The number of hydrogen-bond acceptors (Lipinski definition) is 4. The third-order valence-electron chi connectivity index (χ3n) is 3.74. The highest BCUT2D eigenvalue weighted by molar-refractivity contribution is 7.15. The van der Waals surface area contributed by atoms with Crippen LogP contribution in [-0.4, -0.2) is 35.2 Å². The Hall–Kier alpha value is -0.910. The average molecular weight is 265 g/mol. The molecule has 3 unspecified atom stereocenters. The van der Waals surface area contributed by atoms with Crippen LogP contribution in [0.5, 0.6) is 0 Å². The average Bonchev–Trinajstić information content (AvgIpc) is 3.00. The van der Waals surface area contributed by atoms with Crippen molar-refractivity contribution in [3.63, 3.8) is 0 Å². The van der Waals surface area contributed by atoms with Crippen LogP contribution in [0.15, 0.2) is 17.8 Å². The summed E-state index contributed by atoms with van der Waals surface area (Å²) in [6.45, 7) is 3.02. The minimum atomic E-state index is 0.399. The summed E-state index contributed by atoms with van der Waals surface area (Å²) in [5.41, 5.74) is 1.17. The van der Waals surface area contributed by atoms with E-state index in [2.05, 4.69) is 39.4 Å². The van der Waals surface area contributed by atoms with E-state index in [0.717, 1.165) is 24.4 Å². The zero-order valence-corrected chi connectivity index (χ0v) is 11.6. The van der Waals surface area contributed by atoms with Gasteiger partial charge in [0.2, 0.25) is 0 Å². The zero-order chi connectivity index (χ0) is 12.5. The van der Waals surface area contributed by atoms with Gasteiger partial charge < -0.3 is 10.1 Å². The van der Waals surface area contributed by atoms with Crippen molar-refractivity contribution in [1.29, 1.82) is 0 Å². The molecule has 2 aromatic heterocycles. The van der Waals surface area contributed by atoms with Crippen molar-refractivity contribution in [2.75, 3.05) is 13.7 Å². The normalized spacial score (nSPS) is 25.9. The minimum absolute atomic E-state index is 0.399. The van der Waals surface area contributed by atoms with Gasteiger partial charge in [-0.3, -0.25) is 4.40 Å². The van der Waals surface area contributed by atoms with E-state index in [1.165, 1.54) is 5.69 Å². The van der Waals surface area contributed by atoms with E-state index in [1.807, 2.05) is 7.05 Å². The van der Waals surface area contributed by atoms with Gasteiger partial charge in [-0.25, -0.2) is 4.98 Å². The van der Waals surface area contributed by atoms with Gasteiger partial charge >= 0.3 is 0 Å². The van der Waals surface area contributed by atoms with E-state index in [1.54, 1.807) is 11.3 Å². The molecule has 1 saturated heterocycles. The molecule has 0 radical (unpaired) electrons. The summed E-state index contributed by atoms with van der Waals surface area (Å²) in [5.74, 6) is 0.602. The monoisotopic (exact) mass is 265 g/mol. The minimum Gasteiger partial charge on any atom is -0.378 e. The van der Waals surface area contributed by atoms with Gasteiger partial charge in [-0.05, 0) is 20.4 Å². The number of nitrogens with one attached hydrogen (secondary N) is 1. The Kier molecular flexibility index (Phi) is 3.37. The molecule has 1 aliphatic rings. The molecule has 5 heteroatoms. The Morgan fingerprint density at radius 2 is 2.56 bits per heavy atom. The van der Waals surface area contributed by atoms with Crippen LogP contribution in [0.2, 0.25) is 0 Å². The lowest BCUT2D eigenvalue weighted by Crippen LogP contribution is -2.36. The van der Waals surface area contributed by atoms with Crippen LogP contribution in [0, 0.1) is 5.92 Å². The van der Waals surface area contributed by atoms with Crippen LogP contribution in [0.1, 0.15) is 19.0 Å². The second kappa shape index (κ2) is 4.99. The highest BCUT2D eigenvalue weighted by Gasteiger charge is 2.29. The lowest BCUT2D eigenvalue weighted by molar-refractivity contribution is 0.117. The van der Waals surface area contributed by atoms with E-state index in [4.69, 9.17) is 4.74 Å². The molecule has 1 N–H and O–H groups in total. The highest BCUT2D eigenvalue weighted by atomic mass is 32.1. The summed E-state index contributed by atoms with van der Waals surface area (Å²) in [6.07, 6.45) is 6.72. The Bertz CT molecular complexity index is 493. The van der Waals surface area contributed by atoms with Gasteiger partial charge in [0.05, 0.1) is 18.4 Å². The van der Waals surface area contributed by atoms with Gasteiger partial charge in [0, 0.05) is 36.2 Å². The Morgan fingerprint density at radius 3 is 3.22 bits per heavy atom. The Labute approximate surface area is 111 Å². The lowest BCUT2D eigenvalue weighted by Gasteiger charge is -2.20. The third-order valence-corrected chi connectivity index (χ3v) is 4.51. The molecular formula is C13H19N3OS. The van der Waals surface area contributed by atoms with Gasteiger partial charge in [0.15, 0.2) is 4.96 Å². The molecule has 3 atom stereocenters. The molecule has 1 aliphatic heterocycles. The molecule has 0 aromatic carbocycles. The van der Waals surface area contributed by atoms with E-state index in [9.17, 15) is 0 Å². The van der Waals surface area contributed by atoms with Crippen LogP contribution >= 0.6 is 11.3 Å². The van der Waals surface area contributed by atoms with Crippen molar-refractivity contribution in [1.82, 2.24) is 14.7 Å². The number of ether oxygens (including phenoxy) is 1. The first-order valence-electron chi connectivity index (χ1n) is 6.46. The van der Waals surface area contributed by atoms with Crippen molar-refractivity contribution < 1.29 is 4.74 Å². The van der Waals surface area contributed by atoms with Gasteiger partial charge in [0.25, 0.3) is 0 Å². The summed E-state index contributed by atoms with van der Waals surface area (Å²) < 4.78 is 7.76. The van der Waals surface area contributed by atoms with Crippen molar-refractivity contribution in [2.24, 2.45) is 5.92 Å². The number of hydrogen-bond donors (Lipinski definition) is 1. The molecule has 98 valence electrons. The first-order chi connectivity index (χ1) is 8.76. The second-order valence-corrected chi connectivity index (χ2v) is 5.94. The van der Waals surface area contributed by atoms with E-state index in [-0.39, 0.29) is 0 Å². The van der Waals surface area contributed by atoms with Crippen LogP contribution in [-0.2, 0) is 11.2 Å². The molecule has 18 heavy (non-hydrogen) atoms. The first kappa shape index (κ1) is 12.1. The zero-order valence-electron chi connectivity index (χ0n) is 10.8. The molecular weight excluding hydrogens is 246 g/mol. The molecule has 0 amide bonds. The van der Waals surface area contributed by atoms with Crippen molar-refractivity contribution in [2.45, 2.75) is 31.9 Å². The summed E-state index contributed by atoms with van der Waals surface area (Å²) in [6, 6.07) is 0.458. The first-order valence-corrected chi connectivity index (χ1v) is 7.34. The fourth-order valence-corrected chi connectivity index (χ4v) is 3.45. The SMILES string of the molecule is CNC(Cc1cn2ccsc2n1)C1COC(C)C1. The quantitative estimate of drug-likeness (QED) is 0.918. The van der Waals surface area contributed by atoms with Crippen molar-refractivity contribution in [3.05, 3.63) is 23.5 Å². The van der Waals surface area contributed by atoms with Gasteiger partial charge in [-0.1, -0.05) is 0 Å². The summed E-state index contributed by atoms with van der Waals surface area (Å²) in [4.78, 5) is 5.73. The fourth-order valence-electron chi connectivity index (χ4n) is 2.73. The van der Waals surface area contributed by atoms with E-state index >= 15 is 0 Å². The lowest BCUT2D eigenvalue weighted by atomic mass is 9.93. The molecule has 0 spiro atoms. The summed E-state index contributed by atoms with van der Waals surface area (Å²) in [7, 11) is 2.03. The number of aromatic nitrogens is 2. The number of nitrogens with zero attached hydrogens (tertiary/aromatic N) is 2. The molecule has 4 nitrogen and oxygen atoms in total. The predicted molar refractivity (Wildman–Crippen MR) is 73.1 cm³/mol. The third kappa shape index (κ3) is 2.30. The topological polar surface area (TPSA) is 38.6 Å². The van der Waals surface area contributed by atoms with E-state index < -0.39 is 0 Å². The molecule has 0 saturated carbocycles. The predicted octanol–water partition coefficient (Wildman–Crippen LogP) is 1.95.